The topological polar surface area (TPSA) is 75.7 Å². The van der Waals surface area contributed by atoms with Gasteiger partial charge >= 0.3 is 0 Å². The van der Waals surface area contributed by atoms with Gasteiger partial charge in [0, 0.05) is 25.2 Å². The molecule has 1 N–H and O–H groups in total. The van der Waals surface area contributed by atoms with E-state index in [0.29, 0.717) is 38.1 Å². The zero-order valence-corrected chi connectivity index (χ0v) is 17.5. The maximum atomic E-state index is 12.6. The van der Waals surface area contributed by atoms with Crippen LogP contribution in [0.2, 0.25) is 0 Å². The Morgan fingerprint density at radius 1 is 1.14 bits per heavy atom. The van der Waals surface area contributed by atoms with Gasteiger partial charge in [-0.25, -0.2) is 8.42 Å². The van der Waals surface area contributed by atoms with Crippen molar-refractivity contribution >= 4 is 22.0 Å². The number of hydrogen-bond donors (Lipinski definition) is 1. The molecule has 7 heteroatoms. The van der Waals surface area contributed by atoms with Gasteiger partial charge in [0.1, 0.15) is 0 Å². The summed E-state index contributed by atoms with van der Waals surface area (Å²) in [4.78, 5) is 12.5. The van der Waals surface area contributed by atoms with E-state index in [2.05, 4.69) is 19.2 Å². The van der Waals surface area contributed by atoms with Gasteiger partial charge in [-0.15, -0.1) is 0 Å². The molecule has 3 atom stereocenters. The number of sulfonamides is 1. The zero-order valence-electron chi connectivity index (χ0n) is 16.6. The summed E-state index contributed by atoms with van der Waals surface area (Å²) in [5.74, 6) is 1.01. The number of benzene rings is 1. The van der Waals surface area contributed by atoms with Gasteiger partial charge < -0.3 is 10.1 Å². The van der Waals surface area contributed by atoms with Crippen molar-refractivity contribution in [3.05, 3.63) is 35.9 Å². The van der Waals surface area contributed by atoms with Gasteiger partial charge in [0.15, 0.2) is 0 Å². The van der Waals surface area contributed by atoms with Crippen molar-refractivity contribution in [1.82, 2.24) is 9.62 Å². The summed E-state index contributed by atoms with van der Waals surface area (Å²) < 4.78 is 31.9. The summed E-state index contributed by atoms with van der Waals surface area (Å²) in [5.41, 5.74) is 0.793. The molecule has 6 nitrogen and oxygen atoms in total. The minimum absolute atomic E-state index is 0.101. The van der Waals surface area contributed by atoms with Gasteiger partial charge in [0.2, 0.25) is 15.9 Å². The average molecular weight is 407 g/mol. The molecule has 0 aromatic heterocycles. The number of hydrogen-bond acceptors (Lipinski definition) is 4. The second-order valence-electron chi connectivity index (χ2n) is 7.80. The summed E-state index contributed by atoms with van der Waals surface area (Å²) in [6.07, 6.45) is 6.65. The van der Waals surface area contributed by atoms with E-state index in [-0.39, 0.29) is 16.8 Å². The van der Waals surface area contributed by atoms with Crippen LogP contribution in [0.15, 0.2) is 35.2 Å². The van der Waals surface area contributed by atoms with Crippen LogP contribution >= 0.6 is 0 Å². The largest absolute Gasteiger partial charge is 0.379 e. The van der Waals surface area contributed by atoms with Crippen LogP contribution < -0.4 is 5.32 Å². The molecule has 0 spiro atoms. The third-order valence-corrected chi connectivity index (χ3v) is 7.86. The van der Waals surface area contributed by atoms with E-state index >= 15 is 0 Å². The number of amides is 1. The van der Waals surface area contributed by atoms with Crippen LogP contribution in [0.4, 0.5) is 0 Å². The lowest BCUT2D eigenvalue weighted by Crippen LogP contribution is -2.43. The van der Waals surface area contributed by atoms with Crippen LogP contribution in [-0.2, 0) is 19.6 Å². The SMILES string of the molecule is CC1CCCC(NC(=O)C=Cc2ccc(S(=O)(=O)N3CCOCC3)cc2)C1C. The summed E-state index contributed by atoms with van der Waals surface area (Å²) in [7, 11) is -3.49. The lowest BCUT2D eigenvalue weighted by Gasteiger charge is -2.34. The maximum Gasteiger partial charge on any atom is 0.244 e. The summed E-state index contributed by atoms with van der Waals surface area (Å²) in [6.45, 7) is 6.04. The summed E-state index contributed by atoms with van der Waals surface area (Å²) in [5, 5.41) is 3.11. The number of carbonyl (C=O) groups is 1. The highest BCUT2D eigenvalue weighted by Crippen LogP contribution is 2.29. The highest BCUT2D eigenvalue weighted by molar-refractivity contribution is 7.89. The second kappa shape index (κ2) is 9.20. The molecule has 1 aromatic rings. The molecule has 1 aromatic carbocycles. The number of nitrogens with zero attached hydrogens (tertiary/aromatic N) is 1. The Hall–Kier alpha value is -1.70. The van der Waals surface area contributed by atoms with Crippen molar-refractivity contribution < 1.29 is 17.9 Å². The third kappa shape index (κ3) is 5.01. The van der Waals surface area contributed by atoms with Gasteiger partial charge in [-0.3, -0.25) is 4.79 Å². The van der Waals surface area contributed by atoms with E-state index in [1.54, 1.807) is 30.3 Å². The van der Waals surface area contributed by atoms with Crippen molar-refractivity contribution in [2.75, 3.05) is 26.3 Å². The van der Waals surface area contributed by atoms with Crippen LogP contribution in [0.1, 0.15) is 38.7 Å². The first-order valence-corrected chi connectivity index (χ1v) is 11.5. The molecular formula is C21H30N2O4S. The lowest BCUT2D eigenvalue weighted by molar-refractivity contribution is -0.117. The van der Waals surface area contributed by atoms with Crippen LogP contribution in [0.5, 0.6) is 0 Å². The molecule has 1 saturated heterocycles. The normalized spacial score (nSPS) is 27.0. The number of carbonyl (C=O) groups excluding carboxylic acids is 1. The monoisotopic (exact) mass is 406 g/mol. The Labute approximate surface area is 168 Å². The van der Waals surface area contributed by atoms with E-state index in [1.165, 1.54) is 16.8 Å². The molecule has 3 rings (SSSR count). The fraction of sp³-hybridized carbons (Fsp3) is 0.571. The number of rotatable bonds is 5. The molecule has 1 saturated carbocycles. The van der Waals surface area contributed by atoms with E-state index in [9.17, 15) is 13.2 Å². The van der Waals surface area contributed by atoms with Crippen molar-refractivity contribution in [2.45, 2.75) is 44.0 Å². The molecule has 3 unspecified atom stereocenters. The lowest BCUT2D eigenvalue weighted by atomic mass is 9.78. The molecule has 28 heavy (non-hydrogen) atoms. The van der Waals surface area contributed by atoms with Crippen LogP contribution in [0, 0.1) is 11.8 Å². The molecule has 1 heterocycles. The van der Waals surface area contributed by atoms with Crippen LogP contribution in [0.3, 0.4) is 0 Å². The Balaban J connectivity index is 1.59. The maximum absolute atomic E-state index is 12.6. The van der Waals surface area contributed by atoms with Gasteiger partial charge in [0.25, 0.3) is 0 Å². The van der Waals surface area contributed by atoms with Crippen molar-refractivity contribution in [1.29, 1.82) is 0 Å². The highest BCUT2D eigenvalue weighted by Gasteiger charge is 2.28. The Bertz CT molecular complexity index is 798. The molecule has 0 radical (unpaired) electrons. The Morgan fingerprint density at radius 2 is 1.82 bits per heavy atom. The molecule has 1 aliphatic heterocycles. The minimum Gasteiger partial charge on any atom is -0.379 e. The van der Waals surface area contributed by atoms with Crippen molar-refractivity contribution in [3.63, 3.8) is 0 Å². The molecule has 2 aliphatic rings. The number of nitrogens with one attached hydrogen (secondary N) is 1. The summed E-state index contributed by atoms with van der Waals surface area (Å²) in [6, 6.07) is 6.85. The minimum atomic E-state index is -3.49. The average Bonchev–Trinajstić information content (AvgIpc) is 2.71. The van der Waals surface area contributed by atoms with Crippen LogP contribution in [-0.4, -0.2) is 51.0 Å². The first kappa shape index (κ1) is 21.0. The van der Waals surface area contributed by atoms with E-state index in [0.717, 1.165) is 18.4 Å². The predicted octanol–water partition coefficient (Wildman–Crippen LogP) is 2.66. The fourth-order valence-electron chi connectivity index (χ4n) is 3.88. The predicted molar refractivity (Wildman–Crippen MR) is 109 cm³/mol. The van der Waals surface area contributed by atoms with Gasteiger partial charge in [0.05, 0.1) is 18.1 Å². The third-order valence-electron chi connectivity index (χ3n) is 5.95. The molecule has 154 valence electrons. The van der Waals surface area contributed by atoms with Crippen molar-refractivity contribution in [3.8, 4) is 0 Å². The highest BCUT2D eigenvalue weighted by atomic mass is 32.2. The number of ether oxygens (including phenoxy) is 1. The number of morpholine rings is 1. The zero-order chi connectivity index (χ0) is 20.1. The second-order valence-corrected chi connectivity index (χ2v) is 9.74. The molecular weight excluding hydrogens is 376 g/mol. The Kier molecular flexibility index (Phi) is 6.91. The molecule has 2 fully saturated rings. The molecule has 0 bridgehead atoms. The van der Waals surface area contributed by atoms with E-state index in [1.807, 2.05) is 0 Å². The Morgan fingerprint density at radius 3 is 2.50 bits per heavy atom. The van der Waals surface area contributed by atoms with Gasteiger partial charge in [-0.1, -0.05) is 38.8 Å². The van der Waals surface area contributed by atoms with E-state index in [4.69, 9.17) is 4.74 Å². The molecule has 1 aliphatic carbocycles. The van der Waals surface area contributed by atoms with Gasteiger partial charge in [-0.05, 0) is 42.0 Å². The fourth-order valence-corrected chi connectivity index (χ4v) is 5.28. The first-order valence-electron chi connectivity index (χ1n) is 10.0. The quantitative estimate of drug-likeness (QED) is 0.763. The summed E-state index contributed by atoms with van der Waals surface area (Å²) >= 11 is 0. The van der Waals surface area contributed by atoms with Gasteiger partial charge in [-0.2, -0.15) is 4.31 Å². The first-order chi connectivity index (χ1) is 13.4. The van der Waals surface area contributed by atoms with Crippen LogP contribution in [0.25, 0.3) is 6.08 Å². The smallest absolute Gasteiger partial charge is 0.244 e. The standard InChI is InChI=1S/C21H30N2O4S/c1-16-4-3-5-20(17(16)2)22-21(24)11-8-18-6-9-19(10-7-18)28(25,26)23-12-14-27-15-13-23/h6-11,16-17,20H,3-5,12-15H2,1-2H3,(H,22,24). The molecule has 1 amide bonds. The van der Waals surface area contributed by atoms with Crippen molar-refractivity contribution in [2.24, 2.45) is 11.8 Å². The van der Waals surface area contributed by atoms with E-state index < -0.39 is 10.0 Å².